The lowest BCUT2D eigenvalue weighted by atomic mass is 10.1. The molecule has 0 aromatic heterocycles. The van der Waals surface area contributed by atoms with E-state index in [0.717, 1.165) is 12.0 Å². The summed E-state index contributed by atoms with van der Waals surface area (Å²) in [5.41, 5.74) is 2.11. The van der Waals surface area contributed by atoms with E-state index in [1.54, 1.807) is 0 Å². The van der Waals surface area contributed by atoms with Gasteiger partial charge in [-0.15, -0.1) is 0 Å². The van der Waals surface area contributed by atoms with Gasteiger partial charge in [0.1, 0.15) is 6.17 Å². The zero-order chi connectivity index (χ0) is 7.84. The molecular formula is C9H8FI. The maximum atomic E-state index is 13.0. The van der Waals surface area contributed by atoms with Crippen molar-refractivity contribution in [2.75, 3.05) is 0 Å². The fraction of sp³-hybridized carbons (Fsp3) is 0.333. The molecule has 11 heavy (non-hydrogen) atoms. The predicted molar refractivity (Wildman–Crippen MR) is 51.3 cm³/mol. The number of fused-ring (bicyclic) bond motifs is 1. The first-order chi connectivity index (χ1) is 5.27. The molecule has 1 unspecified atom stereocenters. The highest BCUT2D eigenvalue weighted by Gasteiger charge is 2.21. The highest BCUT2D eigenvalue weighted by Crippen LogP contribution is 2.34. The molecule has 1 aromatic carbocycles. The van der Waals surface area contributed by atoms with Crippen LogP contribution in [0.1, 0.15) is 23.7 Å². The van der Waals surface area contributed by atoms with Gasteiger partial charge in [-0.05, 0) is 58.7 Å². The van der Waals surface area contributed by atoms with Crippen LogP contribution in [0.2, 0.25) is 0 Å². The van der Waals surface area contributed by atoms with Crippen LogP contribution >= 0.6 is 22.6 Å². The fourth-order valence-corrected chi connectivity index (χ4v) is 2.09. The van der Waals surface area contributed by atoms with Crippen molar-refractivity contribution < 1.29 is 4.39 Å². The van der Waals surface area contributed by atoms with Crippen LogP contribution in [0.4, 0.5) is 4.39 Å². The predicted octanol–water partition coefficient (Wildman–Crippen LogP) is 3.25. The van der Waals surface area contributed by atoms with Crippen LogP contribution in [0, 0.1) is 3.57 Å². The summed E-state index contributed by atoms with van der Waals surface area (Å²) in [6.45, 7) is 0. The van der Waals surface area contributed by atoms with Gasteiger partial charge in [-0.2, -0.15) is 0 Å². The molecule has 1 aromatic rings. The summed E-state index contributed by atoms with van der Waals surface area (Å²) in [6, 6.07) is 5.96. The topological polar surface area (TPSA) is 0 Å². The van der Waals surface area contributed by atoms with E-state index in [2.05, 4.69) is 28.7 Å². The Morgan fingerprint density at radius 1 is 1.45 bits per heavy atom. The second-order valence-corrected chi connectivity index (χ2v) is 4.09. The van der Waals surface area contributed by atoms with Gasteiger partial charge in [-0.3, -0.25) is 0 Å². The molecule has 1 aliphatic carbocycles. The van der Waals surface area contributed by atoms with Crippen LogP contribution in [0.25, 0.3) is 0 Å². The molecule has 0 N–H and O–H groups in total. The Kier molecular flexibility index (Phi) is 1.87. The third-order valence-electron chi connectivity index (χ3n) is 2.11. The van der Waals surface area contributed by atoms with Gasteiger partial charge < -0.3 is 0 Å². The Bertz CT molecular complexity index is 283. The van der Waals surface area contributed by atoms with Crippen molar-refractivity contribution in [2.24, 2.45) is 0 Å². The van der Waals surface area contributed by atoms with E-state index in [9.17, 15) is 4.39 Å². The molecule has 0 fully saturated rings. The third-order valence-corrected chi connectivity index (χ3v) is 2.78. The zero-order valence-electron chi connectivity index (χ0n) is 5.98. The molecule has 0 bridgehead atoms. The van der Waals surface area contributed by atoms with Gasteiger partial charge in [-0.25, -0.2) is 4.39 Å². The highest BCUT2D eigenvalue weighted by molar-refractivity contribution is 14.1. The molecule has 58 valence electrons. The van der Waals surface area contributed by atoms with Gasteiger partial charge in [0.05, 0.1) is 0 Å². The normalized spacial score (nSPS) is 21.8. The zero-order valence-corrected chi connectivity index (χ0v) is 8.14. The molecule has 0 spiro atoms. The van der Waals surface area contributed by atoms with Crippen LogP contribution in [0.15, 0.2) is 18.2 Å². The Balaban J connectivity index is 2.50. The Morgan fingerprint density at radius 2 is 2.27 bits per heavy atom. The van der Waals surface area contributed by atoms with E-state index in [4.69, 9.17) is 0 Å². The Morgan fingerprint density at radius 3 is 3.09 bits per heavy atom. The summed E-state index contributed by atoms with van der Waals surface area (Å²) in [4.78, 5) is 0. The van der Waals surface area contributed by atoms with Crippen LogP contribution in [0.5, 0.6) is 0 Å². The Labute approximate surface area is 78.9 Å². The third kappa shape index (κ3) is 1.28. The van der Waals surface area contributed by atoms with E-state index < -0.39 is 6.17 Å². The van der Waals surface area contributed by atoms with Gasteiger partial charge in [0.25, 0.3) is 0 Å². The number of rotatable bonds is 0. The van der Waals surface area contributed by atoms with E-state index in [1.807, 2.05) is 12.1 Å². The lowest BCUT2D eigenvalue weighted by Gasteiger charge is -2.00. The van der Waals surface area contributed by atoms with Crippen molar-refractivity contribution in [3.8, 4) is 0 Å². The number of hydrogen-bond acceptors (Lipinski definition) is 0. The smallest absolute Gasteiger partial charge is 0.126 e. The average Bonchev–Trinajstić information content (AvgIpc) is 2.32. The molecule has 0 amide bonds. The van der Waals surface area contributed by atoms with Gasteiger partial charge in [0.2, 0.25) is 0 Å². The van der Waals surface area contributed by atoms with E-state index in [1.165, 1.54) is 9.13 Å². The van der Waals surface area contributed by atoms with Crippen LogP contribution < -0.4 is 0 Å². The summed E-state index contributed by atoms with van der Waals surface area (Å²) in [7, 11) is 0. The molecule has 0 radical (unpaired) electrons. The highest BCUT2D eigenvalue weighted by atomic mass is 127. The molecular weight excluding hydrogens is 254 g/mol. The molecule has 0 heterocycles. The van der Waals surface area contributed by atoms with Crippen molar-refractivity contribution in [3.05, 3.63) is 32.9 Å². The second kappa shape index (κ2) is 2.73. The van der Waals surface area contributed by atoms with Crippen molar-refractivity contribution in [3.63, 3.8) is 0 Å². The minimum atomic E-state index is -0.706. The van der Waals surface area contributed by atoms with Gasteiger partial charge in [-0.1, -0.05) is 6.07 Å². The maximum Gasteiger partial charge on any atom is 0.126 e. The first-order valence-corrected chi connectivity index (χ1v) is 4.77. The quantitative estimate of drug-likeness (QED) is 0.629. The van der Waals surface area contributed by atoms with E-state index >= 15 is 0 Å². The second-order valence-electron chi connectivity index (χ2n) is 2.85. The molecule has 2 heteroatoms. The number of alkyl halides is 1. The summed E-state index contributed by atoms with van der Waals surface area (Å²) in [6.07, 6.45) is 0.880. The lowest BCUT2D eigenvalue weighted by Crippen LogP contribution is -1.84. The number of halogens is 2. The van der Waals surface area contributed by atoms with E-state index in [0.29, 0.717) is 6.42 Å². The van der Waals surface area contributed by atoms with Gasteiger partial charge >= 0.3 is 0 Å². The van der Waals surface area contributed by atoms with E-state index in [-0.39, 0.29) is 0 Å². The monoisotopic (exact) mass is 262 g/mol. The first-order valence-electron chi connectivity index (χ1n) is 3.70. The summed E-state index contributed by atoms with van der Waals surface area (Å²) < 4.78 is 14.2. The van der Waals surface area contributed by atoms with Crippen molar-refractivity contribution in [2.45, 2.75) is 19.0 Å². The number of benzene rings is 1. The average molecular weight is 262 g/mol. The van der Waals surface area contributed by atoms with Crippen molar-refractivity contribution >= 4 is 22.6 Å². The molecule has 0 saturated carbocycles. The Hall–Kier alpha value is -0.120. The summed E-state index contributed by atoms with van der Waals surface area (Å²) >= 11 is 2.26. The number of aryl methyl sites for hydroxylation is 1. The minimum Gasteiger partial charge on any atom is -0.242 e. The summed E-state index contributed by atoms with van der Waals surface area (Å²) in [5.74, 6) is 0. The minimum absolute atomic E-state index is 0.676. The van der Waals surface area contributed by atoms with Crippen LogP contribution in [0.3, 0.4) is 0 Å². The molecule has 1 aliphatic rings. The SMILES string of the molecule is FC1CCc2cc(I)ccc21. The lowest BCUT2D eigenvalue weighted by molar-refractivity contribution is 0.344. The summed E-state index contributed by atoms with van der Waals surface area (Å²) in [5, 5.41) is 0. The largest absolute Gasteiger partial charge is 0.242 e. The first kappa shape index (κ1) is 7.53. The molecule has 0 nitrogen and oxygen atoms in total. The number of hydrogen-bond donors (Lipinski definition) is 0. The van der Waals surface area contributed by atoms with Gasteiger partial charge in [0, 0.05) is 3.57 Å². The standard InChI is InChI=1S/C9H8FI/c10-9-4-1-6-5-7(11)2-3-8(6)9/h2-3,5,9H,1,4H2. The molecule has 0 aliphatic heterocycles. The molecule has 2 rings (SSSR count). The van der Waals surface area contributed by atoms with Crippen molar-refractivity contribution in [1.29, 1.82) is 0 Å². The maximum absolute atomic E-state index is 13.0. The molecule has 0 saturated heterocycles. The van der Waals surface area contributed by atoms with Gasteiger partial charge in [0.15, 0.2) is 0 Å². The van der Waals surface area contributed by atoms with Crippen LogP contribution in [-0.4, -0.2) is 0 Å². The fourth-order valence-electron chi connectivity index (χ4n) is 1.53. The molecule has 1 atom stereocenters. The van der Waals surface area contributed by atoms with Crippen molar-refractivity contribution in [1.82, 2.24) is 0 Å². The van der Waals surface area contributed by atoms with Crippen LogP contribution in [-0.2, 0) is 6.42 Å².